The number of rotatable bonds is 7. The summed E-state index contributed by atoms with van der Waals surface area (Å²) < 4.78 is 28.9. The van der Waals surface area contributed by atoms with E-state index in [4.69, 9.17) is 4.74 Å². The molecule has 3 fully saturated rings. The monoisotopic (exact) mass is 421 g/mol. The first-order valence-corrected chi connectivity index (χ1v) is 12.6. The van der Waals surface area contributed by atoms with Crippen molar-refractivity contribution in [2.45, 2.75) is 56.1 Å². The van der Waals surface area contributed by atoms with Crippen molar-refractivity contribution in [3.05, 3.63) is 29.8 Å². The van der Waals surface area contributed by atoms with Crippen LogP contribution in [0.5, 0.6) is 0 Å². The summed E-state index contributed by atoms with van der Waals surface area (Å²) in [7, 11) is -3.16. The lowest BCUT2D eigenvalue weighted by molar-refractivity contribution is 0.0337. The second kappa shape index (κ2) is 8.26. The van der Waals surface area contributed by atoms with Crippen molar-refractivity contribution in [1.82, 2.24) is 4.90 Å². The van der Waals surface area contributed by atoms with Crippen LogP contribution in [0, 0.1) is 23.7 Å². The molecule has 7 heteroatoms. The number of hydrogen-bond donors (Lipinski definition) is 1. The standard InChI is InChI=1S/C22H31NO5S/c1-29(26,27)19-7-5-15(6-8-19)13-28-14-18-11-20(18)17-9-10-23(22(24)25)21(12-17)16-3-2-4-16/h5-8,16-18,20-21H,2-4,9-14H2,1H3,(H,24,25)/t17?,18-,20+,21?/m0/s1. The third-order valence-corrected chi connectivity index (χ3v) is 8.29. The molecule has 4 atom stereocenters. The Hall–Kier alpha value is -1.60. The van der Waals surface area contributed by atoms with Crippen molar-refractivity contribution >= 4 is 15.9 Å². The van der Waals surface area contributed by atoms with Crippen molar-refractivity contribution in [2.75, 3.05) is 19.4 Å². The average molecular weight is 422 g/mol. The molecule has 1 aromatic rings. The van der Waals surface area contributed by atoms with Gasteiger partial charge in [0.25, 0.3) is 0 Å². The number of sulfone groups is 1. The predicted molar refractivity (Wildman–Crippen MR) is 109 cm³/mol. The van der Waals surface area contributed by atoms with Crippen LogP contribution in [0.15, 0.2) is 29.2 Å². The highest BCUT2D eigenvalue weighted by Gasteiger charge is 2.47. The number of carbonyl (C=O) groups is 1. The molecule has 1 N–H and O–H groups in total. The molecule has 3 aliphatic rings. The Balaban J connectivity index is 1.23. The van der Waals surface area contributed by atoms with E-state index in [-0.39, 0.29) is 6.04 Å². The summed E-state index contributed by atoms with van der Waals surface area (Å²) in [6, 6.07) is 7.10. The summed E-state index contributed by atoms with van der Waals surface area (Å²) in [5.41, 5.74) is 0.981. The first-order valence-electron chi connectivity index (χ1n) is 10.7. The molecule has 0 bridgehead atoms. The van der Waals surface area contributed by atoms with E-state index in [9.17, 15) is 18.3 Å². The molecule has 0 spiro atoms. The number of benzene rings is 1. The summed E-state index contributed by atoms with van der Waals surface area (Å²) in [4.78, 5) is 13.6. The van der Waals surface area contributed by atoms with Crippen LogP contribution in [0.1, 0.15) is 44.1 Å². The summed E-state index contributed by atoms with van der Waals surface area (Å²) in [5.74, 6) is 2.44. The maximum absolute atomic E-state index is 11.6. The van der Waals surface area contributed by atoms with Crippen LogP contribution in [0.3, 0.4) is 0 Å². The van der Waals surface area contributed by atoms with Crippen molar-refractivity contribution < 1.29 is 23.1 Å². The number of carboxylic acid groups (broad SMARTS) is 1. The smallest absolute Gasteiger partial charge is 0.407 e. The molecule has 6 nitrogen and oxygen atoms in total. The number of piperidine rings is 1. The van der Waals surface area contributed by atoms with Gasteiger partial charge in [-0.3, -0.25) is 0 Å². The van der Waals surface area contributed by atoms with E-state index in [1.807, 2.05) is 12.1 Å². The highest BCUT2D eigenvalue weighted by Crippen LogP contribution is 2.50. The lowest BCUT2D eigenvalue weighted by atomic mass is 9.73. The molecule has 0 radical (unpaired) electrons. The first-order chi connectivity index (χ1) is 13.8. The number of likely N-dealkylation sites (tertiary alicyclic amines) is 1. The molecule has 1 saturated heterocycles. The quantitative estimate of drug-likeness (QED) is 0.724. The lowest BCUT2D eigenvalue weighted by Crippen LogP contribution is -2.51. The first kappa shape index (κ1) is 20.7. The molecule has 1 amide bonds. The van der Waals surface area contributed by atoms with Gasteiger partial charge in [0.05, 0.1) is 18.1 Å². The maximum Gasteiger partial charge on any atom is 0.407 e. The van der Waals surface area contributed by atoms with Gasteiger partial charge in [-0.05, 0) is 73.5 Å². The van der Waals surface area contributed by atoms with Crippen LogP contribution >= 0.6 is 0 Å². The minimum absolute atomic E-state index is 0.218. The third-order valence-electron chi connectivity index (χ3n) is 7.16. The average Bonchev–Trinajstić information content (AvgIpc) is 3.39. The number of hydrogen-bond acceptors (Lipinski definition) is 4. The molecule has 2 saturated carbocycles. The minimum Gasteiger partial charge on any atom is -0.465 e. The zero-order valence-electron chi connectivity index (χ0n) is 17.0. The van der Waals surface area contributed by atoms with Crippen molar-refractivity contribution in [3.8, 4) is 0 Å². The van der Waals surface area contributed by atoms with E-state index in [1.165, 1.54) is 31.9 Å². The number of nitrogens with zero attached hydrogens (tertiary/aromatic N) is 1. The molecule has 160 valence electrons. The second-order valence-electron chi connectivity index (χ2n) is 9.11. The molecule has 4 rings (SSSR count). The lowest BCUT2D eigenvalue weighted by Gasteiger charge is -2.45. The van der Waals surface area contributed by atoms with Gasteiger partial charge in [0.1, 0.15) is 0 Å². The van der Waals surface area contributed by atoms with E-state index >= 15 is 0 Å². The van der Waals surface area contributed by atoms with E-state index < -0.39 is 15.9 Å². The highest BCUT2D eigenvalue weighted by atomic mass is 32.2. The third kappa shape index (κ3) is 4.77. The van der Waals surface area contributed by atoms with Crippen LogP contribution in [-0.4, -0.2) is 50.0 Å². The summed E-state index contributed by atoms with van der Waals surface area (Å²) >= 11 is 0. The van der Waals surface area contributed by atoms with E-state index in [1.54, 1.807) is 17.0 Å². The molecule has 1 aromatic carbocycles. The van der Waals surface area contributed by atoms with Gasteiger partial charge in [-0.25, -0.2) is 13.2 Å². The molecule has 2 aliphatic carbocycles. The molecule has 0 aromatic heterocycles. The number of amides is 1. The molecule has 1 aliphatic heterocycles. The van der Waals surface area contributed by atoms with Crippen LogP contribution in [-0.2, 0) is 21.2 Å². The molecule has 29 heavy (non-hydrogen) atoms. The predicted octanol–water partition coefficient (Wildman–Crippen LogP) is 3.80. The Morgan fingerprint density at radius 3 is 2.45 bits per heavy atom. The Morgan fingerprint density at radius 1 is 1.14 bits per heavy atom. The van der Waals surface area contributed by atoms with Crippen molar-refractivity contribution in [1.29, 1.82) is 0 Å². The Labute approximate surface area is 173 Å². The number of ether oxygens (including phenoxy) is 1. The van der Waals surface area contributed by atoms with E-state index in [2.05, 4.69) is 0 Å². The van der Waals surface area contributed by atoms with Gasteiger partial charge < -0.3 is 14.7 Å². The molecular weight excluding hydrogens is 390 g/mol. The van der Waals surface area contributed by atoms with Crippen LogP contribution in [0.4, 0.5) is 4.79 Å². The van der Waals surface area contributed by atoms with Gasteiger partial charge in [0.15, 0.2) is 9.84 Å². The second-order valence-corrected chi connectivity index (χ2v) is 11.1. The normalized spacial score (nSPS) is 30.0. The van der Waals surface area contributed by atoms with Crippen molar-refractivity contribution in [2.24, 2.45) is 23.7 Å². The SMILES string of the molecule is CS(=O)(=O)c1ccc(COC[C@@H]2C[C@@H]2C2CCN(C(=O)O)C(C3CCC3)C2)cc1. The van der Waals surface area contributed by atoms with E-state index in [0.29, 0.717) is 41.7 Å². The fraction of sp³-hybridized carbons (Fsp3) is 0.682. The largest absolute Gasteiger partial charge is 0.465 e. The van der Waals surface area contributed by atoms with Crippen LogP contribution in [0.25, 0.3) is 0 Å². The van der Waals surface area contributed by atoms with E-state index in [0.717, 1.165) is 25.0 Å². The topological polar surface area (TPSA) is 83.9 Å². The van der Waals surface area contributed by atoms with Gasteiger partial charge in [0.2, 0.25) is 0 Å². The molecule has 1 heterocycles. The van der Waals surface area contributed by atoms with Crippen molar-refractivity contribution in [3.63, 3.8) is 0 Å². The Morgan fingerprint density at radius 2 is 1.86 bits per heavy atom. The Bertz CT molecular complexity index is 833. The molecular formula is C22H31NO5S. The van der Waals surface area contributed by atoms with Gasteiger partial charge in [-0.15, -0.1) is 0 Å². The van der Waals surface area contributed by atoms with Gasteiger partial charge in [0, 0.05) is 18.8 Å². The Kier molecular flexibility index (Phi) is 5.89. The molecule has 2 unspecified atom stereocenters. The van der Waals surface area contributed by atoms with Gasteiger partial charge >= 0.3 is 6.09 Å². The zero-order chi connectivity index (χ0) is 20.6. The zero-order valence-corrected chi connectivity index (χ0v) is 17.8. The van der Waals surface area contributed by atoms with Crippen LogP contribution < -0.4 is 0 Å². The van der Waals surface area contributed by atoms with Gasteiger partial charge in [-0.1, -0.05) is 18.6 Å². The minimum atomic E-state index is -3.16. The summed E-state index contributed by atoms with van der Waals surface area (Å²) in [6.07, 6.45) is 7.23. The fourth-order valence-electron chi connectivity index (χ4n) is 5.12. The highest BCUT2D eigenvalue weighted by molar-refractivity contribution is 7.90. The summed E-state index contributed by atoms with van der Waals surface area (Å²) in [6.45, 7) is 1.90. The summed E-state index contributed by atoms with van der Waals surface area (Å²) in [5, 5.41) is 9.53. The van der Waals surface area contributed by atoms with Gasteiger partial charge in [-0.2, -0.15) is 0 Å². The maximum atomic E-state index is 11.6. The fourth-order valence-corrected chi connectivity index (χ4v) is 5.76. The van der Waals surface area contributed by atoms with Crippen LogP contribution in [0.2, 0.25) is 0 Å².